The smallest absolute Gasteiger partial charge is 0.323 e. The fourth-order valence-electron chi connectivity index (χ4n) is 2.16. The van der Waals surface area contributed by atoms with Gasteiger partial charge in [0.15, 0.2) is 11.5 Å². The van der Waals surface area contributed by atoms with Crippen molar-refractivity contribution in [2.75, 3.05) is 13.2 Å². The SMILES string of the molecule is Cc1nc(-c2ccc3c(c2)OCCO3)cn1CC(=O)O. The maximum absolute atomic E-state index is 10.8. The lowest BCUT2D eigenvalue weighted by Crippen LogP contribution is -2.15. The van der Waals surface area contributed by atoms with Crippen molar-refractivity contribution in [3.63, 3.8) is 0 Å². The predicted octanol–water partition coefficient (Wildman–Crippen LogP) is 1.71. The van der Waals surface area contributed by atoms with Gasteiger partial charge in [-0.2, -0.15) is 0 Å². The minimum absolute atomic E-state index is 0.0939. The Labute approximate surface area is 115 Å². The maximum Gasteiger partial charge on any atom is 0.323 e. The number of rotatable bonds is 3. The Hall–Kier alpha value is -2.50. The zero-order valence-electron chi connectivity index (χ0n) is 11.0. The lowest BCUT2D eigenvalue weighted by molar-refractivity contribution is -0.137. The fourth-order valence-corrected chi connectivity index (χ4v) is 2.16. The third kappa shape index (κ3) is 2.32. The van der Waals surface area contributed by atoms with Crippen LogP contribution in [0.2, 0.25) is 0 Å². The van der Waals surface area contributed by atoms with Crippen molar-refractivity contribution in [1.29, 1.82) is 0 Å². The standard InChI is InChI=1S/C14H14N2O4/c1-9-15-11(7-16(9)8-14(17)18)10-2-3-12-13(6-10)20-5-4-19-12/h2-3,6-7H,4-5,8H2,1H3,(H,17,18). The van der Waals surface area contributed by atoms with Crippen molar-refractivity contribution in [3.8, 4) is 22.8 Å². The number of hydrogen-bond donors (Lipinski definition) is 1. The molecule has 1 aliphatic rings. The molecule has 0 spiro atoms. The topological polar surface area (TPSA) is 73.6 Å². The molecule has 6 heteroatoms. The van der Waals surface area contributed by atoms with Gasteiger partial charge in [0.2, 0.25) is 0 Å². The molecular formula is C14H14N2O4. The summed E-state index contributed by atoms with van der Waals surface area (Å²) >= 11 is 0. The monoisotopic (exact) mass is 274 g/mol. The van der Waals surface area contributed by atoms with Crippen molar-refractivity contribution in [1.82, 2.24) is 9.55 Å². The molecule has 0 radical (unpaired) electrons. The highest BCUT2D eigenvalue weighted by Crippen LogP contribution is 2.34. The van der Waals surface area contributed by atoms with E-state index in [2.05, 4.69) is 4.98 Å². The number of fused-ring (bicyclic) bond motifs is 1. The number of ether oxygens (including phenoxy) is 2. The number of hydrogen-bond acceptors (Lipinski definition) is 4. The molecule has 1 aromatic heterocycles. The van der Waals surface area contributed by atoms with Gasteiger partial charge in [-0.15, -0.1) is 0 Å². The fraction of sp³-hybridized carbons (Fsp3) is 0.286. The van der Waals surface area contributed by atoms with Crippen LogP contribution in [-0.2, 0) is 11.3 Å². The van der Waals surface area contributed by atoms with Gasteiger partial charge in [0.25, 0.3) is 0 Å². The lowest BCUT2D eigenvalue weighted by Gasteiger charge is -2.18. The van der Waals surface area contributed by atoms with Crippen LogP contribution in [0.4, 0.5) is 0 Å². The summed E-state index contributed by atoms with van der Waals surface area (Å²) in [5, 5.41) is 8.84. The number of carbonyl (C=O) groups is 1. The summed E-state index contributed by atoms with van der Waals surface area (Å²) in [6, 6.07) is 5.59. The molecule has 1 aromatic carbocycles. The molecule has 6 nitrogen and oxygen atoms in total. The Bertz CT molecular complexity index is 663. The number of benzene rings is 1. The van der Waals surface area contributed by atoms with Crippen LogP contribution < -0.4 is 9.47 Å². The van der Waals surface area contributed by atoms with Crippen LogP contribution in [0, 0.1) is 6.92 Å². The Kier molecular flexibility index (Phi) is 3.06. The first-order valence-corrected chi connectivity index (χ1v) is 6.29. The molecular weight excluding hydrogens is 260 g/mol. The summed E-state index contributed by atoms with van der Waals surface area (Å²) < 4.78 is 12.6. The van der Waals surface area contributed by atoms with Gasteiger partial charge >= 0.3 is 5.97 Å². The van der Waals surface area contributed by atoms with Gasteiger partial charge in [-0.1, -0.05) is 0 Å². The van der Waals surface area contributed by atoms with Gasteiger partial charge in [-0.3, -0.25) is 4.79 Å². The van der Waals surface area contributed by atoms with Crippen molar-refractivity contribution in [3.05, 3.63) is 30.2 Å². The molecule has 1 aliphatic heterocycles. The summed E-state index contributed by atoms with van der Waals surface area (Å²) in [4.78, 5) is 15.2. The average Bonchev–Trinajstić information content (AvgIpc) is 2.79. The lowest BCUT2D eigenvalue weighted by atomic mass is 10.1. The van der Waals surface area contributed by atoms with E-state index >= 15 is 0 Å². The van der Waals surface area contributed by atoms with E-state index in [4.69, 9.17) is 14.6 Å². The van der Waals surface area contributed by atoms with E-state index in [0.29, 0.717) is 24.8 Å². The van der Waals surface area contributed by atoms with E-state index in [1.807, 2.05) is 18.2 Å². The van der Waals surface area contributed by atoms with E-state index in [1.165, 1.54) is 0 Å². The number of nitrogens with zero attached hydrogens (tertiary/aromatic N) is 2. The van der Waals surface area contributed by atoms with Crippen molar-refractivity contribution in [2.24, 2.45) is 0 Å². The van der Waals surface area contributed by atoms with Crippen LogP contribution >= 0.6 is 0 Å². The first kappa shape index (κ1) is 12.5. The molecule has 0 saturated carbocycles. The quantitative estimate of drug-likeness (QED) is 0.922. The van der Waals surface area contributed by atoms with Crippen molar-refractivity contribution >= 4 is 5.97 Å². The zero-order chi connectivity index (χ0) is 14.1. The minimum atomic E-state index is -0.890. The predicted molar refractivity (Wildman–Crippen MR) is 71.0 cm³/mol. The van der Waals surface area contributed by atoms with Gasteiger partial charge in [0.1, 0.15) is 25.6 Å². The number of imidazole rings is 1. The van der Waals surface area contributed by atoms with Gasteiger partial charge in [0, 0.05) is 11.8 Å². The summed E-state index contributed by atoms with van der Waals surface area (Å²) in [5.41, 5.74) is 1.60. The number of aromatic nitrogens is 2. The van der Waals surface area contributed by atoms with Gasteiger partial charge < -0.3 is 19.1 Å². The highest BCUT2D eigenvalue weighted by atomic mass is 16.6. The highest BCUT2D eigenvalue weighted by Gasteiger charge is 2.14. The van der Waals surface area contributed by atoms with Gasteiger partial charge in [-0.25, -0.2) is 4.98 Å². The molecule has 0 bridgehead atoms. The molecule has 3 rings (SSSR count). The number of carboxylic acids is 1. The van der Waals surface area contributed by atoms with Crippen molar-refractivity contribution < 1.29 is 19.4 Å². The highest BCUT2D eigenvalue weighted by molar-refractivity contribution is 5.68. The summed E-state index contributed by atoms with van der Waals surface area (Å²) in [6.45, 7) is 2.77. The summed E-state index contributed by atoms with van der Waals surface area (Å²) in [7, 11) is 0. The third-order valence-electron chi connectivity index (χ3n) is 3.12. The molecule has 0 amide bonds. The Morgan fingerprint density at radius 2 is 2.10 bits per heavy atom. The molecule has 20 heavy (non-hydrogen) atoms. The summed E-state index contributed by atoms with van der Waals surface area (Å²) in [5.74, 6) is 1.19. The van der Waals surface area contributed by atoms with Crippen LogP contribution in [0.5, 0.6) is 11.5 Å². The van der Waals surface area contributed by atoms with E-state index < -0.39 is 5.97 Å². The van der Waals surface area contributed by atoms with E-state index in [9.17, 15) is 4.79 Å². The molecule has 0 unspecified atom stereocenters. The Morgan fingerprint density at radius 3 is 2.85 bits per heavy atom. The second kappa shape index (κ2) is 4.88. The normalized spacial score (nSPS) is 13.2. The first-order chi connectivity index (χ1) is 9.63. The zero-order valence-corrected chi connectivity index (χ0v) is 11.0. The molecule has 1 N–H and O–H groups in total. The average molecular weight is 274 g/mol. The van der Waals surface area contributed by atoms with Crippen LogP contribution in [0.25, 0.3) is 11.3 Å². The molecule has 0 fully saturated rings. The molecule has 0 atom stereocenters. The summed E-state index contributed by atoms with van der Waals surface area (Å²) in [6.07, 6.45) is 1.73. The van der Waals surface area contributed by atoms with E-state index in [-0.39, 0.29) is 6.54 Å². The largest absolute Gasteiger partial charge is 0.486 e. The molecule has 0 aliphatic carbocycles. The van der Waals surface area contributed by atoms with E-state index in [0.717, 1.165) is 17.0 Å². The second-order valence-corrected chi connectivity index (χ2v) is 4.55. The molecule has 2 heterocycles. The number of aryl methyl sites for hydroxylation is 1. The van der Waals surface area contributed by atoms with Crippen LogP contribution in [-0.4, -0.2) is 33.8 Å². The van der Waals surface area contributed by atoms with Crippen LogP contribution in [0.15, 0.2) is 24.4 Å². The van der Waals surface area contributed by atoms with Crippen molar-refractivity contribution in [2.45, 2.75) is 13.5 Å². The first-order valence-electron chi connectivity index (χ1n) is 6.29. The molecule has 2 aromatic rings. The minimum Gasteiger partial charge on any atom is -0.486 e. The van der Waals surface area contributed by atoms with Crippen LogP contribution in [0.1, 0.15) is 5.82 Å². The Balaban J connectivity index is 1.94. The van der Waals surface area contributed by atoms with Gasteiger partial charge in [-0.05, 0) is 25.1 Å². The second-order valence-electron chi connectivity index (χ2n) is 4.55. The maximum atomic E-state index is 10.8. The van der Waals surface area contributed by atoms with Gasteiger partial charge in [0.05, 0.1) is 5.69 Å². The molecule has 0 saturated heterocycles. The van der Waals surface area contributed by atoms with E-state index in [1.54, 1.807) is 17.7 Å². The molecule has 104 valence electrons. The van der Waals surface area contributed by atoms with Crippen LogP contribution in [0.3, 0.4) is 0 Å². The third-order valence-corrected chi connectivity index (χ3v) is 3.12. The Morgan fingerprint density at radius 1 is 1.35 bits per heavy atom. The number of aliphatic carboxylic acids is 1. The number of carboxylic acid groups (broad SMARTS) is 1.